The number of alkyl halides is 5. The quantitative estimate of drug-likeness (QED) is 0.0894. The van der Waals surface area contributed by atoms with Gasteiger partial charge in [-0.05, 0) is 65.7 Å². The third-order valence-electron chi connectivity index (χ3n) is 5.28. The minimum absolute atomic E-state index is 0.114. The Morgan fingerprint density at radius 3 is 2.15 bits per heavy atom. The van der Waals surface area contributed by atoms with Gasteiger partial charge >= 0.3 is 18.3 Å². The molecule has 0 unspecified atom stereocenters. The number of rotatable bonds is 13. The van der Waals surface area contributed by atoms with Gasteiger partial charge in [0, 0.05) is 23.9 Å². The van der Waals surface area contributed by atoms with Crippen molar-refractivity contribution in [3.8, 4) is 11.5 Å². The first-order chi connectivity index (χ1) is 18.9. The Labute approximate surface area is 227 Å². The molecule has 0 aromatic heterocycles. The Balaban J connectivity index is 1.44. The van der Waals surface area contributed by atoms with E-state index in [1.54, 1.807) is 18.2 Å². The Bertz CT molecular complexity index is 1280. The molecule has 0 fully saturated rings. The van der Waals surface area contributed by atoms with Crippen molar-refractivity contribution in [3.63, 3.8) is 0 Å². The zero-order chi connectivity index (χ0) is 29.2. The summed E-state index contributed by atoms with van der Waals surface area (Å²) in [7, 11) is 0. The molecule has 0 atom stereocenters. The third kappa shape index (κ3) is 10.1. The lowest BCUT2D eigenvalue weighted by Crippen LogP contribution is -2.21. The lowest BCUT2D eigenvalue weighted by atomic mass is 10.1. The minimum atomic E-state index is -4.44. The molecule has 3 aromatic carbocycles. The Hall–Kier alpha value is -4.32. The van der Waals surface area contributed by atoms with Crippen LogP contribution in [0.15, 0.2) is 72.8 Å². The van der Waals surface area contributed by atoms with Crippen LogP contribution in [-0.2, 0) is 26.8 Å². The zero-order valence-corrected chi connectivity index (χ0v) is 21.1. The molecule has 3 aromatic rings. The van der Waals surface area contributed by atoms with E-state index in [0.717, 1.165) is 17.7 Å². The van der Waals surface area contributed by atoms with Crippen LogP contribution in [0.3, 0.4) is 0 Å². The number of anilines is 2. The standard InChI is InChI=1S/C28H27F5N2O5/c29-27(30,31)18-37-15-16-38-23-10-5-21(6-11-23)28(32,33)40-24-8-1-19(2-9-24)3-12-26(36)39-14-13-20-4-7-22(34)17-25(20)35/h1-12,17H,13-16,18,34-35H2/b12-3+. The molecule has 12 heteroatoms. The van der Waals surface area contributed by atoms with Crippen molar-refractivity contribution in [2.45, 2.75) is 18.7 Å². The van der Waals surface area contributed by atoms with Crippen molar-refractivity contribution < 1.29 is 45.7 Å². The fraction of sp³-hybridized carbons (Fsp3) is 0.250. The van der Waals surface area contributed by atoms with E-state index in [1.807, 2.05) is 0 Å². The van der Waals surface area contributed by atoms with Gasteiger partial charge in [0.2, 0.25) is 0 Å². The highest BCUT2D eigenvalue weighted by Crippen LogP contribution is 2.32. The first kappa shape index (κ1) is 30.2. The van der Waals surface area contributed by atoms with Crippen LogP contribution in [0.2, 0.25) is 0 Å². The predicted molar refractivity (Wildman–Crippen MR) is 139 cm³/mol. The monoisotopic (exact) mass is 566 g/mol. The SMILES string of the molecule is Nc1ccc(CCOC(=O)/C=C/c2ccc(OC(F)(F)c3ccc(OCCOCC(F)(F)F)cc3)cc2)c(N)c1. The molecule has 0 aliphatic heterocycles. The highest BCUT2D eigenvalue weighted by Gasteiger charge is 2.34. The largest absolute Gasteiger partial charge is 0.491 e. The summed E-state index contributed by atoms with van der Waals surface area (Å²) in [5, 5.41) is 0. The average Bonchev–Trinajstić information content (AvgIpc) is 2.89. The lowest BCUT2D eigenvalue weighted by Gasteiger charge is -2.18. The van der Waals surface area contributed by atoms with Crippen LogP contribution in [0.4, 0.5) is 33.3 Å². The van der Waals surface area contributed by atoms with Gasteiger partial charge in [-0.1, -0.05) is 18.2 Å². The molecule has 0 aliphatic rings. The van der Waals surface area contributed by atoms with Crippen LogP contribution < -0.4 is 20.9 Å². The van der Waals surface area contributed by atoms with Crippen molar-refractivity contribution in [2.75, 3.05) is 37.9 Å². The molecule has 7 nitrogen and oxygen atoms in total. The summed E-state index contributed by atoms with van der Waals surface area (Å²) in [5.41, 5.74) is 13.5. The number of halogens is 5. The van der Waals surface area contributed by atoms with Gasteiger partial charge in [-0.3, -0.25) is 0 Å². The Morgan fingerprint density at radius 2 is 1.50 bits per heavy atom. The fourth-order valence-electron chi connectivity index (χ4n) is 3.32. The second-order valence-electron chi connectivity index (χ2n) is 8.44. The molecule has 214 valence electrons. The van der Waals surface area contributed by atoms with Gasteiger partial charge in [-0.2, -0.15) is 22.0 Å². The molecule has 0 amide bonds. The fourth-order valence-corrected chi connectivity index (χ4v) is 3.32. The van der Waals surface area contributed by atoms with E-state index >= 15 is 0 Å². The minimum Gasteiger partial charge on any atom is -0.491 e. The second kappa shape index (κ2) is 13.7. The van der Waals surface area contributed by atoms with Crippen molar-refractivity contribution >= 4 is 23.4 Å². The summed E-state index contributed by atoms with van der Waals surface area (Å²) < 4.78 is 84.9. The van der Waals surface area contributed by atoms with Gasteiger partial charge in [0.25, 0.3) is 0 Å². The molecule has 0 spiro atoms. The number of ether oxygens (including phenoxy) is 4. The van der Waals surface area contributed by atoms with Crippen molar-refractivity contribution in [1.82, 2.24) is 0 Å². The maximum absolute atomic E-state index is 14.6. The summed E-state index contributed by atoms with van der Waals surface area (Å²) in [6.45, 7) is -1.78. The lowest BCUT2D eigenvalue weighted by molar-refractivity contribution is -0.185. The predicted octanol–water partition coefficient (Wildman–Crippen LogP) is 5.74. The van der Waals surface area contributed by atoms with E-state index in [-0.39, 0.29) is 31.3 Å². The molecule has 0 bridgehead atoms. The number of nitrogen functional groups attached to an aromatic ring is 2. The van der Waals surface area contributed by atoms with E-state index in [2.05, 4.69) is 4.74 Å². The van der Waals surface area contributed by atoms with E-state index < -0.39 is 30.4 Å². The van der Waals surface area contributed by atoms with Crippen LogP contribution >= 0.6 is 0 Å². The van der Waals surface area contributed by atoms with E-state index in [1.165, 1.54) is 48.6 Å². The first-order valence-corrected chi connectivity index (χ1v) is 11.9. The van der Waals surface area contributed by atoms with E-state index in [9.17, 15) is 26.7 Å². The molecule has 0 radical (unpaired) electrons. The van der Waals surface area contributed by atoms with Crippen LogP contribution in [0.25, 0.3) is 6.08 Å². The topological polar surface area (TPSA) is 106 Å². The van der Waals surface area contributed by atoms with Gasteiger partial charge < -0.3 is 30.4 Å². The summed E-state index contributed by atoms with van der Waals surface area (Å²) >= 11 is 0. The Kier molecular flexibility index (Phi) is 10.3. The van der Waals surface area contributed by atoms with Gasteiger partial charge in [0.05, 0.1) is 18.8 Å². The van der Waals surface area contributed by atoms with Crippen molar-refractivity contribution in [2.24, 2.45) is 0 Å². The smallest absolute Gasteiger partial charge is 0.426 e. The summed E-state index contributed by atoms with van der Waals surface area (Å²) in [6, 6.07) is 15.4. The van der Waals surface area contributed by atoms with E-state index in [4.69, 9.17) is 25.7 Å². The number of nitrogens with two attached hydrogens (primary N) is 2. The van der Waals surface area contributed by atoms with Crippen LogP contribution in [0.1, 0.15) is 16.7 Å². The number of hydrogen-bond acceptors (Lipinski definition) is 7. The molecular formula is C28H27F5N2O5. The first-order valence-electron chi connectivity index (χ1n) is 11.9. The summed E-state index contributed by atoms with van der Waals surface area (Å²) in [5.74, 6) is -0.519. The summed E-state index contributed by atoms with van der Waals surface area (Å²) in [6.07, 6.45) is -5.02. The van der Waals surface area contributed by atoms with Gasteiger partial charge in [-0.25, -0.2) is 4.79 Å². The molecular weight excluding hydrogens is 539 g/mol. The highest BCUT2D eigenvalue weighted by atomic mass is 19.4. The van der Waals surface area contributed by atoms with Crippen LogP contribution in [-0.4, -0.2) is 38.6 Å². The molecule has 0 heterocycles. The maximum atomic E-state index is 14.6. The second-order valence-corrected chi connectivity index (χ2v) is 8.44. The average molecular weight is 567 g/mol. The molecule has 3 rings (SSSR count). The maximum Gasteiger partial charge on any atom is 0.426 e. The molecule has 0 saturated heterocycles. The number of hydrogen-bond donors (Lipinski definition) is 2. The molecule has 40 heavy (non-hydrogen) atoms. The molecule has 0 aliphatic carbocycles. The number of carbonyl (C=O) groups excluding carboxylic acids is 1. The number of esters is 1. The zero-order valence-electron chi connectivity index (χ0n) is 21.1. The number of benzene rings is 3. The van der Waals surface area contributed by atoms with Crippen LogP contribution in [0.5, 0.6) is 11.5 Å². The molecule has 0 saturated carbocycles. The van der Waals surface area contributed by atoms with E-state index in [0.29, 0.717) is 23.4 Å². The normalized spacial score (nSPS) is 11.9. The highest BCUT2D eigenvalue weighted by molar-refractivity contribution is 5.87. The Morgan fingerprint density at radius 1 is 0.825 bits per heavy atom. The van der Waals surface area contributed by atoms with Crippen molar-refractivity contribution in [1.29, 1.82) is 0 Å². The number of carbonyl (C=O) groups is 1. The van der Waals surface area contributed by atoms with Gasteiger partial charge in [-0.15, -0.1) is 0 Å². The third-order valence-corrected chi connectivity index (χ3v) is 5.28. The molecule has 4 N–H and O–H groups in total. The van der Waals surface area contributed by atoms with Gasteiger partial charge in [0.1, 0.15) is 24.7 Å². The van der Waals surface area contributed by atoms with Crippen molar-refractivity contribution in [3.05, 3.63) is 89.5 Å². The summed E-state index contributed by atoms with van der Waals surface area (Å²) in [4.78, 5) is 12.0. The van der Waals surface area contributed by atoms with Gasteiger partial charge in [0.15, 0.2) is 0 Å². The van der Waals surface area contributed by atoms with Crippen LogP contribution in [0, 0.1) is 0 Å².